The predicted octanol–water partition coefficient (Wildman–Crippen LogP) is 3.04. The van der Waals surface area contributed by atoms with Gasteiger partial charge in [0.1, 0.15) is 10.8 Å². The lowest BCUT2D eigenvalue weighted by molar-refractivity contribution is 0.0769. The molecule has 12 heteroatoms. The molecule has 31 heavy (non-hydrogen) atoms. The zero-order valence-corrected chi connectivity index (χ0v) is 19.3. The second-order valence-electron chi connectivity index (χ2n) is 7.63. The molecule has 2 amide bonds. The van der Waals surface area contributed by atoms with Gasteiger partial charge in [0, 0.05) is 48.1 Å². The van der Waals surface area contributed by atoms with Crippen LogP contribution in [0.4, 0.5) is 4.79 Å². The van der Waals surface area contributed by atoms with E-state index in [1.165, 1.54) is 12.1 Å². The average Bonchev–Trinajstić information content (AvgIpc) is 3.38. The summed E-state index contributed by atoms with van der Waals surface area (Å²) in [5.41, 5.74) is 0.705. The van der Waals surface area contributed by atoms with Crippen LogP contribution in [0.2, 0.25) is 10.0 Å². The van der Waals surface area contributed by atoms with Crippen molar-refractivity contribution in [2.24, 2.45) is 17.0 Å². The SMILES string of the molecule is NS(=O)(=O)c1ccc(C(=O)N2C[C@H]3CN(C(=O)OCc4cc(Cl)cc(Cl)c4)C[C@H]3C2)s1. The first-order valence-electron chi connectivity index (χ1n) is 9.39. The number of primary sulfonamides is 1. The Morgan fingerprint density at radius 1 is 1.03 bits per heavy atom. The van der Waals surface area contributed by atoms with Gasteiger partial charge in [-0.2, -0.15) is 0 Å². The van der Waals surface area contributed by atoms with Crippen LogP contribution in [0.3, 0.4) is 0 Å². The largest absolute Gasteiger partial charge is 0.445 e. The Labute approximate surface area is 193 Å². The number of carbonyl (C=O) groups is 2. The van der Waals surface area contributed by atoms with E-state index in [0.29, 0.717) is 46.7 Å². The molecule has 1 aromatic heterocycles. The van der Waals surface area contributed by atoms with Crippen molar-refractivity contribution in [3.63, 3.8) is 0 Å². The van der Waals surface area contributed by atoms with Crippen molar-refractivity contribution in [2.45, 2.75) is 10.8 Å². The summed E-state index contributed by atoms with van der Waals surface area (Å²) in [6.45, 7) is 2.06. The molecule has 2 aliphatic rings. The molecule has 0 saturated carbocycles. The van der Waals surface area contributed by atoms with Crippen LogP contribution in [0.25, 0.3) is 0 Å². The van der Waals surface area contributed by atoms with E-state index in [0.717, 1.165) is 11.3 Å². The van der Waals surface area contributed by atoms with Gasteiger partial charge in [-0.3, -0.25) is 4.79 Å². The number of amides is 2. The Morgan fingerprint density at radius 3 is 2.16 bits per heavy atom. The van der Waals surface area contributed by atoms with Crippen LogP contribution in [-0.2, 0) is 21.4 Å². The van der Waals surface area contributed by atoms with Crippen LogP contribution in [0.15, 0.2) is 34.5 Å². The van der Waals surface area contributed by atoms with Crippen LogP contribution in [0, 0.1) is 11.8 Å². The van der Waals surface area contributed by atoms with Gasteiger partial charge >= 0.3 is 6.09 Å². The highest BCUT2D eigenvalue weighted by Gasteiger charge is 2.43. The molecular formula is C19H19Cl2N3O5S2. The zero-order valence-electron chi connectivity index (χ0n) is 16.2. The molecule has 8 nitrogen and oxygen atoms in total. The number of hydrogen-bond donors (Lipinski definition) is 1. The maximum Gasteiger partial charge on any atom is 0.410 e. The van der Waals surface area contributed by atoms with E-state index in [1.807, 2.05) is 0 Å². The van der Waals surface area contributed by atoms with Crippen molar-refractivity contribution in [3.05, 3.63) is 50.8 Å². The van der Waals surface area contributed by atoms with E-state index in [-0.39, 0.29) is 28.6 Å². The molecule has 2 fully saturated rings. The lowest BCUT2D eigenvalue weighted by Gasteiger charge is -2.21. The fourth-order valence-electron chi connectivity index (χ4n) is 3.98. The van der Waals surface area contributed by atoms with E-state index in [1.54, 1.807) is 28.0 Å². The minimum absolute atomic E-state index is 0.0369. The number of hydrogen-bond acceptors (Lipinski definition) is 6. The first kappa shape index (κ1) is 22.3. The molecule has 0 spiro atoms. The third-order valence-electron chi connectivity index (χ3n) is 5.39. The van der Waals surface area contributed by atoms with Crippen molar-refractivity contribution in [1.29, 1.82) is 0 Å². The number of nitrogens with zero attached hydrogens (tertiary/aromatic N) is 2. The van der Waals surface area contributed by atoms with Crippen molar-refractivity contribution in [3.8, 4) is 0 Å². The molecule has 0 radical (unpaired) electrons. The Bertz CT molecular complexity index is 1100. The minimum Gasteiger partial charge on any atom is -0.445 e. The summed E-state index contributed by atoms with van der Waals surface area (Å²) in [5.74, 6) is 0.0748. The third kappa shape index (κ3) is 4.98. The molecule has 2 atom stereocenters. The summed E-state index contributed by atoms with van der Waals surface area (Å²) in [7, 11) is -3.83. The lowest BCUT2D eigenvalue weighted by Crippen LogP contribution is -2.35. The van der Waals surface area contributed by atoms with Crippen molar-refractivity contribution < 1.29 is 22.7 Å². The Morgan fingerprint density at radius 2 is 1.61 bits per heavy atom. The second kappa shape index (κ2) is 8.59. The fourth-order valence-corrected chi connectivity index (χ4v) is 6.25. The van der Waals surface area contributed by atoms with E-state index in [9.17, 15) is 18.0 Å². The molecule has 3 heterocycles. The molecule has 1 aromatic carbocycles. The maximum atomic E-state index is 12.7. The highest BCUT2D eigenvalue weighted by Crippen LogP contribution is 2.33. The number of rotatable bonds is 4. The summed E-state index contributed by atoms with van der Waals surface area (Å²) >= 11 is 12.8. The zero-order chi connectivity index (χ0) is 22.3. The monoisotopic (exact) mass is 503 g/mol. The number of benzene rings is 1. The van der Waals surface area contributed by atoms with Crippen LogP contribution in [0.1, 0.15) is 15.2 Å². The Kier molecular flexibility index (Phi) is 6.19. The van der Waals surface area contributed by atoms with Crippen molar-refractivity contribution in [1.82, 2.24) is 9.80 Å². The van der Waals surface area contributed by atoms with Gasteiger partial charge < -0.3 is 14.5 Å². The number of nitrogens with two attached hydrogens (primary N) is 1. The Balaban J connectivity index is 1.31. The number of sulfonamides is 1. The quantitative estimate of drug-likeness (QED) is 0.689. The van der Waals surface area contributed by atoms with Gasteiger partial charge in [0.2, 0.25) is 10.0 Å². The summed E-state index contributed by atoms with van der Waals surface area (Å²) < 4.78 is 28.2. The molecule has 0 unspecified atom stereocenters. The normalized spacial score (nSPS) is 20.7. The number of likely N-dealkylation sites (tertiary alicyclic amines) is 2. The third-order valence-corrected chi connectivity index (χ3v) is 8.34. The van der Waals surface area contributed by atoms with Crippen molar-refractivity contribution >= 4 is 56.6 Å². The standard InChI is InChI=1S/C19H19Cl2N3O5S2/c20-14-3-11(4-15(21)5-14)10-29-19(26)24-8-12-6-23(7-13(12)9-24)18(25)16-1-2-17(30-16)31(22,27)28/h1-5,12-13H,6-10H2,(H2,22,27,28)/t12-,13+. The van der Waals surface area contributed by atoms with Crippen molar-refractivity contribution in [2.75, 3.05) is 26.2 Å². The summed E-state index contributed by atoms with van der Waals surface area (Å²) in [5, 5.41) is 6.06. The highest BCUT2D eigenvalue weighted by atomic mass is 35.5. The van der Waals surface area contributed by atoms with Gasteiger partial charge in [-0.25, -0.2) is 18.4 Å². The molecular weight excluding hydrogens is 485 g/mol. The summed E-state index contributed by atoms with van der Waals surface area (Å²) in [6.07, 6.45) is -0.417. The topological polar surface area (TPSA) is 110 Å². The van der Waals surface area contributed by atoms with Gasteiger partial charge in [-0.05, 0) is 35.9 Å². The number of thiophene rings is 1. The summed E-state index contributed by atoms with van der Waals surface area (Å²) in [4.78, 5) is 28.8. The molecule has 166 valence electrons. The summed E-state index contributed by atoms with van der Waals surface area (Å²) in [6, 6.07) is 7.81. The van der Waals surface area contributed by atoms with Gasteiger partial charge in [-0.15, -0.1) is 11.3 Å². The molecule has 2 aliphatic heterocycles. The van der Waals surface area contributed by atoms with Crippen LogP contribution in [-0.4, -0.2) is 56.4 Å². The fraction of sp³-hybridized carbons (Fsp3) is 0.368. The van der Waals surface area contributed by atoms with E-state index < -0.39 is 16.1 Å². The molecule has 2 aromatic rings. The number of ether oxygens (including phenoxy) is 1. The minimum atomic E-state index is -3.83. The molecule has 2 saturated heterocycles. The van der Waals surface area contributed by atoms with Crippen LogP contribution >= 0.6 is 34.5 Å². The van der Waals surface area contributed by atoms with Crippen LogP contribution in [0.5, 0.6) is 0 Å². The number of carbonyl (C=O) groups excluding carboxylic acids is 2. The smallest absolute Gasteiger partial charge is 0.410 e. The van der Waals surface area contributed by atoms with Crippen LogP contribution < -0.4 is 5.14 Å². The average molecular weight is 504 g/mol. The van der Waals surface area contributed by atoms with E-state index in [4.69, 9.17) is 33.1 Å². The van der Waals surface area contributed by atoms with Gasteiger partial charge in [-0.1, -0.05) is 23.2 Å². The first-order valence-corrected chi connectivity index (χ1v) is 12.5. The molecule has 0 bridgehead atoms. The molecule has 4 rings (SSSR count). The van der Waals surface area contributed by atoms with E-state index in [2.05, 4.69) is 0 Å². The van der Waals surface area contributed by atoms with Gasteiger partial charge in [0.05, 0.1) is 4.88 Å². The molecule has 0 aliphatic carbocycles. The molecule has 2 N–H and O–H groups in total. The number of halogens is 2. The first-order chi connectivity index (χ1) is 14.6. The maximum absolute atomic E-state index is 12.7. The van der Waals surface area contributed by atoms with Gasteiger partial charge in [0.15, 0.2) is 0 Å². The second-order valence-corrected chi connectivity index (χ2v) is 11.4. The highest BCUT2D eigenvalue weighted by molar-refractivity contribution is 7.91. The van der Waals surface area contributed by atoms with E-state index >= 15 is 0 Å². The van der Waals surface area contributed by atoms with Gasteiger partial charge in [0.25, 0.3) is 5.91 Å². The lowest BCUT2D eigenvalue weighted by atomic mass is 10.0. The number of fused-ring (bicyclic) bond motifs is 1. The predicted molar refractivity (Wildman–Crippen MR) is 117 cm³/mol. The Hall–Kier alpha value is -1.85.